The van der Waals surface area contributed by atoms with Crippen LogP contribution in [0.15, 0.2) is 27.7 Å². The summed E-state index contributed by atoms with van der Waals surface area (Å²) in [6.07, 6.45) is 1.40. The molecular formula is C18H17BrClN3O3S. The molecule has 142 valence electrons. The maximum Gasteiger partial charge on any atom is 0.262 e. The second-order valence-electron chi connectivity index (χ2n) is 5.89. The molecule has 0 spiro atoms. The van der Waals surface area contributed by atoms with Crippen LogP contribution in [0.5, 0.6) is 5.75 Å². The second-order valence-corrected chi connectivity index (χ2v) is 8.38. The van der Waals surface area contributed by atoms with Crippen LogP contribution >= 0.6 is 38.9 Å². The first-order valence-corrected chi connectivity index (χ1v) is 10.2. The molecule has 0 saturated heterocycles. The number of halogens is 2. The number of nitrogens with one attached hydrogen (secondary N) is 1. The molecule has 0 aliphatic rings. The minimum Gasteiger partial charge on any atom is -0.491 e. The first kappa shape index (κ1) is 19.9. The number of anilines is 1. The number of benzene rings is 1. The number of rotatable bonds is 5. The van der Waals surface area contributed by atoms with E-state index in [0.29, 0.717) is 37.8 Å². The third-order valence-electron chi connectivity index (χ3n) is 4.04. The van der Waals surface area contributed by atoms with Crippen molar-refractivity contribution in [2.75, 3.05) is 11.9 Å². The number of ether oxygens (including phenoxy) is 1. The first-order chi connectivity index (χ1) is 12.8. The van der Waals surface area contributed by atoms with E-state index in [2.05, 4.69) is 26.2 Å². The van der Waals surface area contributed by atoms with Gasteiger partial charge in [-0.05, 0) is 54.4 Å². The minimum atomic E-state index is -0.377. The second kappa shape index (κ2) is 8.00. The molecule has 0 unspecified atom stereocenters. The summed E-state index contributed by atoms with van der Waals surface area (Å²) in [7, 11) is 0. The van der Waals surface area contributed by atoms with E-state index >= 15 is 0 Å². The number of aromatic nitrogens is 2. The molecule has 0 bridgehead atoms. The van der Waals surface area contributed by atoms with Gasteiger partial charge in [0.2, 0.25) is 5.91 Å². The molecule has 27 heavy (non-hydrogen) atoms. The van der Waals surface area contributed by atoms with Gasteiger partial charge in [0.1, 0.15) is 11.4 Å². The van der Waals surface area contributed by atoms with Gasteiger partial charge in [0.05, 0.1) is 28.5 Å². The molecule has 6 nitrogen and oxygen atoms in total. The van der Waals surface area contributed by atoms with Gasteiger partial charge in [0, 0.05) is 9.90 Å². The number of carbonyl (C=O) groups excluding carboxylic acids is 1. The lowest BCUT2D eigenvalue weighted by Gasteiger charge is -2.14. The number of aryl methyl sites for hydroxylation is 2. The third kappa shape index (κ3) is 4.02. The van der Waals surface area contributed by atoms with Gasteiger partial charge >= 0.3 is 0 Å². The van der Waals surface area contributed by atoms with Gasteiger partial charge in [-0.2, -0.15) is 0 Å². The SMILES string of the molecule is CCOc1c(Br)cc(Cl)cc1NC(=O)Cn1cnc2sc(C)c(C)c2c1=O. The molecule has 0 saturated carbocycles. The van der Waals surface area contributed by atoms with Gasteiger partial charge in [0.15, 0.2) is 5.75 Å². The minimum absolute atomic E-state index is 0.161. The molecule has 2 aromatic heterocycles. The van der Waals surface area contributed by atoms with Crippen molar-refractivity contribution in [1.82, 2.24) is 9.55 Å². The van der Waals surface area contributed by atoms with E-state index in [9.17, 15) is 9.59 Å². The zero-order valence-corrected chi connectivity index (χ0v) is 18.1. The summed E-state index contributed by atoms with van der Waals surface area (Å²) >= 11 is 10.9. The number of thiophene rings is 1. The Bertz CT molecular complexity index is 1090. The Morgan fingerprint density at radius 2 is 2.15 bits per heavy atom. The molecule has 1 N–H and O–H groups in total. The molecular weight excluding hydrogens is 454 g/mol. The summed E-state index contributed by atoms with van der Waals surface area (Å²) in [5, 5.41) is 3.77. The average molecular weight is 471 g/mol. The smallest absolute Gasteiger partial charge is 0.262 e. The molecule has 1 amide bonds. The van der Waals surface area contributed by atoms with Crippen molar-refractivity contribution < 1.29 is 9.53 Å². The Hall–Kier alpha value is -1.90. The summed E-state index contributed by atoms with van der Waals surface area (Å²) in [6, 6.07) is 3.29. The van der Waals surface area contributed by atoms with Gasteiger partial charge < -0.3 is 10.1 Å². The van der Waals surface area contributed by atoms with Gasteiger partial charge in [-0.1, -0.05) is 11.6 Å². The van der Waals surface area contributed by atoms with Crippen molar-refractivity contribution in [3.63, 3.8) is 0 Å². The number of hydrogen-bond acceptors (Lipinski definition) is 5. The predicted molar refractivity (Wildman–Crippen MR) is 112 cm³/mol. The molecule has 0 aliphatic heterocycles. The van der Waals surface area contributed by atoms with Crippen LogP contribution in [0.1, 0.15) is 17.4 Å². The monoisotopic (exact) mass is 469 g/mol. The Labute approximate surface area is 173 Å². The molecule has 3 rings (SSSR count). The highest BCUT2D eigenvalue weighted by atomic mass is 79.9. The van der Waals surface area contributed by atoms with Gasteiger partial charge in [-0.25, -0.2) is 4.98 Å². The normalized spacial score (nSPS) is 11.0. The van der Waals surface area contributed by atoms with Crippen LogP contribution < -0.4 is 15.6 Å². The fourth-order valence-corrected chi connectivity index (χ4v) is 4.58. The maximum atomic E-state index is 12.7. The van der Waals surface area contributed by atoms with Gasteiger partial charge in [-0.3, -0.25) is 14.2 Å². The van der Waals surface area contributed by atoms with E-state index in [-0.39, 0.29) is 18.0 Å². The summed E-state index contributed by atoms with van der Waals surface area (Å²) in [5.41, 5.74) is 1.11. The van der Waals surface area contributed by atoms with E-state index < -0.39 is 0 Å². The van der Waals surface area contributed by atoms with Crippen molar-refractivity contribution >= 4 is 60.7 Å². The van der Waals surface area contributed by atoms with Crippen LogP contribution in [0.25, 0.3) is 10.2 Å². The van der Waals surface area contributed by atoms with Crippen LogP contribution in [0.3, 0.4) is 0 Å². The number of fused-ring (bicyclic) bond motifs is 1. The number of hydrogen-bond donors (Lipinski definition) is 1. The molecule has 9 heteroatoms. The van der Waals surface area contributed by atoms with Crippen molar-refractivity contribution in [3.05, 3.63) is 48.7 Å². The quantitative estimate of drug-likeness (QED) is 0.595. The Kier molecular flexibility index (Phi) is 5.88. The van der Waals surface area contributed by atoms with Crippen LogP contribution in [0, 0.1) is 13.8 Å². The van der Waals surface area contributed by atoms with Gasteiger partial charge in [-0.15, -0.1) is 11.3 Å². The van der Waals surface area contributed by atoms with Crippen LogP contribution in [0.4, 0.5) is 5.69 Å². The molecule has 0 aliphatic carbocycles. The molecule has 2 heterocycles. The Balaban J connectivity index is 1.89. The van der Waals surface area contributed by atoms with Crippen LogP contribution in [-0.2, 0) is 11.3 Å². The lowest BCUT2D eigenvalue weighted by Crippen LogP contribution is -2.28. The highest BCUT2D eigenvalue weighted by Crippen LogP contribution is 2.36. The Morgan fingerprint density at radius 3 is 2.85 bits per heavy atom. The fourth-order valence-electron chi connectivity index (χ4n) is 2.67. The molecule has 0 radical (unpaired) electrons. The molecule has 0 fully saturated rings. The lowest BCUT2D eigenvalue weighted by molar-refractivity contribution is -0.116. The van der Waals surface area contributed by atoms with Crippen molar-refractivity contribution in [2.45, 2.75) is 27.3 Å². The van der Waals surface area contributed by atoms with E-state index in [4.69, 9.17) is 16.3 Å². The predicted octanol–water partition coefficient (Wildman–Crippen LogP) is 4.53. The van der Waals surface area contributed by atoms with E-state index in [1.807, 2.05) is 20.8 Å². The van der Waals surface area contributed by atoms with E-state index in [1.165, 1.54) is 22.2 Å². The number of carbonyl (C=O) groups is 1. The standard InChI is InChI=1S/C18H17BrClN3O3S/c1-4-26-16-12(19)5-11(20)6-13(16)22-14(24)7-23-8-21-17-15(18(23)25)9(2)10(3)27-17/h5-6,8H,4,7H2,1-3H3,(H,22,24). The Morgan fingerprint density at radius 1 is 1.41 bits per heavy atom. The average Bonchev–Trinajstić information content (AvgIpc) is 2.88. The lowest BCUT2D eigenvalue weighted by atomic mass is 10.2. The number of nitrogens with zero attached hydrogens (tertiary/aromatic N) is 2. The van der Waals surface area contributed by atoms with Crippen molar-refractivity contribution in [1.29, 1.82) is 0 Å². The van der Waals surface area contributed by atoms with Gasteiger partial charge in [0.25, 0.3) is 5.56 Å². The summed E-state index contributed by atoms with van der Waals surface area (Å²) in [6.45, 7) is 5.95. The summed E-state index contributed by atoms with van der Waals surface area (Å²) in [5.74, 6) is 0.110. The number of amides is 1. The molecule has 3 aromatic rings. The third-order valence-corrected chi connectivity index (χ3v) is 5.96. The van der Waals surface area contributed by atoms with Crippen molar-refractivity contribution in [3.8, 4) is 5.75 Å². The van der Waals surface area contributed by atoms with Crippen LogP contribution in [-0.4, -0.2) is 22.1 Å². The molecule has 1 aromatic carbocycles. The topological polar surface area (TPSA) is 73.2 Å². The van der Waals surface area contributed by atoms with E-state index in [0.717, 1.165) is 10.4 Å². The van der Waals surface area contributed by atoms with Crippen LogP contribution in [0.2, 0.25) is 5.02 Å². The van der Waals surface area contributed by atoms with E-state index in [1.54, 1.807) is 12.1 Å². The van der Waals surface area contributed by atoms with Crippen molar-refractivity contribution in [2.24, 2.45) is 0 Å². The fraction of sp³-hybridized carbons (Fsp3) is 0.278. The maximum absolute atomic E-state index is 12.7. The zero-order chi connectivity index (χ0) is 19.7. The molecule has 0 atom stereocenters. The summed E-state index contributed by atoms with van der Waals surface area (Å²) in [4.78, 5) is 31.3. The first-order valence-electron chi connectivity index (χ1n) is 8.18. The highest BCUT2D eigenvalue weighted by molar-refractivity contribution is 9.10. The largest absolute Gasteiger partial charge is 0.491 e. The summed E-state index contributed by atoms with van der Waals surface area (Å²) < 4.78 is 7.51. The highest BCUT2D eigenvalue weighted by Gasteiger charge is 2.16. The zero-order valence-electron chi connectivity index (χ0n) is 14.9.